The normalized spacial score (nSPS) is 14.6. The SMILES string of the molecule is CCC(C(=O)O)C(N)c1ccccc1F. The van der Waals surface area contributed by atoms with Gasteiger partial charge in [0.05, 0.1) is 5.92 Å². The van der Waals surface area contributed by atoms with Gasteiger partial charge in [0.25, 0.3) is 0 Å². The second-order valence-corrected chi connectivity index (χ2v) is 3.40. The highest BCUT2D eigenvalue weighted by Crippen LogP contribution is 2.24. The number of halogens is 1. The van der Waals surface area contributed by atoms with Crippen molar-refractivity contribution in [1.82, 2.24) is 0 Å². The Kier molecular flexibility index (Phi) is 3.80. The maximum absolute atomic E-state index is 13.3. The zero-order valence-electron chi connectivity index (χ0n) is 8.48. The van der Waals surface area contributed by atoms with E-state index in [9.17, 15) is 9.18 Å². The molecule has 3 N–H and O–H groups in total. The number of nitrogens with two attached hydrogens (primary N) is 1. The molecule has 0 aromatic heterocycles. The minimum absolute atomic E-state index is 0.256. The molecule has 0 saturated carbocycles. The monoisotopic (exact) mass is 211 g/mol. The predicted octanol–water partition coefficient (Wildman–Crippen LogP) is 1.94. The first-order valence-electron chi connectivity index (χ1n) is 4.80. The van der Waals surface area contributed by atoms with Crippen molar-refractivity contribution in [2.75, 3.05) is 0 Å². The van der Waals surface area contributed by atoms with Crippen molar-refractivity contribution in [2.24, 2.45) is 11.7 Å². The molecule has 1 rings (SSSR count). The van der Waals surface area contributed by atoms with Gasteiger partial charge in [-0.1, -0.05) is 25.1 Å². The third-order valence-electron chi connectivity index (χ3n) is 2.45. The van der Waals surface area contributed by atoms with E-state index in [4.69, 9.17) is 10.8 Å². The third kappa shape index (κ3) is 2.53. The summed E-state index contributed by atoms with van der Waals surface area (Å²) >= 11 is 0. The first-order chi connectivity index (χ1) is 7.07. The molecule has 0 aliphatic carbocycles. The van der Waals surface area contributed by atoms with Crippen LogP contribution in [-0.2, 0) is 4.79 Å². The highest BCUT2D eigenvalue weighted by Gasteiger charge is 2.26. The predicted molar refractivity (Wildman–Crippen MR) is 54.7 cm³/mol. The Morgan fingerprint density at radius 3 is 2.60 bits per heavy atom. The van der Waals surface area contributed by atoms with Gasteiger partial charge in [0.2, 0.25) is 0 Å². The molecule has 4 heteroatoms. The molecule has 0 saturated heterocycles. The standard InChI is InChI=1S/C11H14FNO2/c1-2-7(11(14)15)10(13)8-5-3-4-6-9(8)12/h3-7,10H,2,13H2,1H3,(H,14,15). The van der Waals surface area contributed by atoms with E-state index in [0.717, 1.165) is 0 Å². The molecule has 0 bridgehead atoms. The quantitative estimate of drug-likeness (QED) is 0.799. The van der Waals surface area contributed by atoms with Gasteiger partial charge >= 0.3 is 5.97 Å². The maximum Gasteiger partial charge on any atom is 0.308 e. The van der Waals surface area contributed by atoms with E-state index < -0.39 is 23.7 Å². The number of aliphatic carboxylic acids is 1. The van der Waals surface area contributed by atoms with E-state index in [1.807, 2.05) is 0 Å². The fraction of sp³-hybridized carbons (Fsp3) is 0.364. The summed E-state index contributed by atoms with van der Waals surface area (Å²) in [5.74, 6) is -2.19. The third-order valence-corrected chi connectivity index (χ3v) is 2.45. The number of benzene rings is 1. The lowest BCUT2D eigenvalue weighted by atomic mass is 9.91. The Labute approximate surface area is 87.7 Å². The van der Waals surface area contributed by atoms with Crippen LogP contribution in [0.4, 0.5) is 4.39 Å². The van der Waals surface area contributed by atoms with Crippen molar-refractivity contribution < 1.29 is 14.3 Å². The summed E-state index contributed by atoms with van der Waals surface area (Å²) < 4.78 is 13.3. The van der Waals surface area contributed by atoms with Gasteiger partial charge in [0.1, 0.15) is 5.82 Å². The van der Waals surface area contributed by atoms with Gasteiger partial charge in [-0.3, -0.25) is 4.79 Å². The van der Waals surface area contributed by atoms with Crippen molar-refractivity contribution in [3.8, 4) is 0 Å². The molecule has 0 heterocycles. The van der Waals surface area contributed by atoms with Crippen LogP contribution in [0.5, 0.6) is 0 Å². The number of hydrogen-bond acceptors (Lipinski definition) is 2. The molecule has 0 aliphatic heterocycles. The fourth-order valence-corrected chi connectivity index (χ4v) is 1.54. The fourth-order valence-electron chi connectivity index (χ4n) is 1.54. The van der Waals surface area contributed by atoms with Crippen LogP contribution in [0.3, 0.4) is 0 Å². The number of carboxylic acid groups (broad SMARTS) is 1. The number of rotatable bonds is 4. The van der Waals surface area contributed by atoms with E-state index in [2.05, 4.69) is 0 Å². The molecule has 0 aliphatic rings. The van der Waals surface area contributed by atoms with Gasteiger partial charge in [-0.15, -0.1) is 0 Å². The van der Waals surface area contributed by atoms with E-state index in [1.165, 1.54) is 12.1 Å². The van der Waals surface area contributed by atoms with E-state index in [-0.39, 0.29) is 5.56 Å². The largest absolute Gasteiger partial charge is 0.481 e. The summed E-state index contributed by atoms with van der Waals surface area (Å²) in [6, 6.07) is 5.20. The van der Waals surface area contributed by atoms with Crippen LogP contribution in [0.1, 0.15) is 24.9 Å². The topological polar surface area (TPSA) is 63.3 Å². The van der Waals surface area contributed by atoms with Gasteiger partial charge in [-0.25, -0.2) is 4.39 Å². The van der Waals surface area contributed by atoms with Gasteiger partial charge < -0.3 is 10.8 Å². The number of carboxylic acids is 1. The highest BCUT2D eigenvalue weighted by molar-refractivity contribution is 5.71. The number of hydrogen-bond donors (Lipinski definition) is 2. The summed E-state index contributed by atoms with van der Waals surface area (Å²) in [7, 11) is 0. The van der Waals surface area contributed by atoms with Crippen LogP contribution in [0.2, 0.25) is 0 Å². The molecule has 3 nitrogen and oxygen atoms in total. The lowest BCUT2D eigenvalue weighted by molar-refractivity contribution is -0.142. The Balaban J connectivity index is 2.97. The lowest BCUT2D eigenvalue weighted by Crippen LogP contribution is -2.28. The minimum Gasteiger partial charge on any atom is -0.481 e. The molecule has 1 aromatic carbocycles. The Hall–Kier alpha value is -1.42. The maximum atomic E-state index is 13.3. The van der Waals surface area contributed by atoms with E-state index >= 15 is 0 Å². The molecule has 15 heavy (non-hydrogen) atoms. The summed E-state index contributed by atoms with van der Waals surface area (Å²) in [6.45, 7) is 1.72. The molecule has 0 fully saturated rings. The molecular weight excluding hydrogens is 197 g/mol. The average molecular weight is 211 g/mol. The minimum atomic E-state index is -0.992. The summed E-state index contributed by atoms with van der Waals surface area (Å²) in [5, 5.41) is 8.89. The second kappa shape index (κ2) is 4.89. The molecule has 0 spiro atoms. The Morgan fingerprint density at radius 2 is 2.13 bits per heavy atom. The summed E-state index contributed by atoms with van der Waals surface area (Å²) in [4.78, 5) is 10.9. The molecule has 2 atom stereocenters. The van der Waals surface area contributed by atoms with Gasteiger partial charge in [-0.2, -0.15) is 0 Å². The molecule has 2 unspecified atom stereocenters. The van der Waals surface area contributed by atoms with Crippen LogP contribution < -0.4 is 5.73 Å². The molecular formula is C11H14FNO2. The smallest absolute Gasteiger partial charge is 0.308 e. The molecule has 0 amide bonds. The zero-order valence-corrected chi connectivity index (χ0v) is 8.48. The highest BCUT2D eigenvalue weighted by atomic mass is 19.1. The van der Waals surface area contributed by atoms with Crippen molar-refractivity contribution in [3.05, 3.63) is 35.6 Å². The van der Waals surface area contributed by atoms with Crippen molar-refractivity contribution in [2.45, 2.75) is 19.4 Å². The molecule has 1 aromatic rings. The number of carbonyl (C=O) groups is 1. The van der Waals surface area contributed by atoms with Crippen LogP contribution >= 0.6 is 0 Å². The average Bonchev–Trinajstić information content (AvgIpc) is 2.18. The van der Waals surface area contributed by atoms with Crippen LogP contribution in [0, 0.1) is 11.7 Å². The van der Waals surface area contributed by atoms with Gasteiger partial charge in [-0.05, 0) is 12.5 Å². The van der Waals surface area contributed by atoms with E-state index in [0.29, 0.717) is 6.42 Å². The Bertz CT molecular complexity index is 354. The lowest BCUT2D eigenvalue weighted by Gasteiger charge is -2.19. The van der Waals surface area contributed by atoms with Crippen molar-refractivity contribution >= 4 is 5.97 Å². The molecule has 0 radical (unpaired) electrons. The van der Waals surface area contributed by atoms with Crippen molar-refractivity contribution in [3.63, 3.8) is 0 Å². The van der Waals surface area contributed by atoms with Crippen LogP contribution in [0.15, 0.2) is 24.3 Å². The van der Waals surface area contributed by atoms with Gasteiger partial charge in [0.15, 0.2) is 0 Å². The Morgan fingerprint density at radius 1 is 1.53 bits per heavy atom. The molecule has 82 valence electrons. The first-order valence-corrected chi connectivity index (χ1v) is 4.80. The zero-order chi connectivity index (χ0) is 11.4. The van der Waals surface area contributed by atoms with Crippen molar-refractivity contribution in [1.29, 1.82) is 0 Å². The van der Waals surface area contributed by atoms with Gasteiger partial charge in [0, 0.05) is 11.6 Å². The summed E-state index contributed by atoms with van der Waals surface area (Å²) in [5.41, 5.74) is 5.99. The summed E-state index contributed by atoms with van der Waals surface area (Å²) in [6.07, 6.45) is 0.380. The van der Waals surface area contributed by atoms with Crippen LogP contribution in [-0.4, -0.2) is 11.1 Å². The second-order valence-electron chi connectivity index (χ2n) is 3.40. The first kappa shape index (κ1) is 11.7. The van der Waals surface area contributed by atoms with E-state index in [1.54, 1.807) is 19.1 Å². The van der Waals surface area contributed by atoms with Crippen LogP contribution in [0.25, 0.3) is 0 Å².